The quantitative estimate of drug-likeness (QED) is 0.765. The third kappa shape index (κ3) is 5.00. The molecule has 2 heterocycles. The van der Waals surface area contributed by atoms with Gasteiger partial charge in [0.2, 0.25) is 0 Å². The number of piperazine rings is 1. The Bertz CT molecular complexity index is 664. The van der Waals surface area contributed by atoms with E-state index in [1.165, 1.54) is 4.90 Å². The van der Waals surface area contributed by atoms with Gasteiger partial charge in [-0.15, -0.1) is 0 Å². The number of rotatable bonds is 2. The third-order valence-corrected chi connectivity index (χ3v) is 4.35. The first-order chi connectivity index (χ1) is 11.9. The lowest BCUT2D eigenvalue weighted by Gasteiger charge is -2.41. The van der Waals surface area contributed by atoms with Gasteiger partial charge in [-0.2, -0.15) is 13.2 Å². The zero-order valence-electron chi connectivity index (χ0n) is 14.7. The Hall–Kier alpha value is -1.55. The summed E-state index contributed by atoms with van der Waals surface area (Å²) in [6.45, 7) is 5.78. The standard InChI is InChI=1S/C16H21BrF3N3O3/c1-15(2,3)26-14(25)22-4-5-23(11(8-22)9-24)13-12(17)6-10(7-21-13)16(18,19)20/h6-7,11,24H,4-5,8-9H2,1-3H3/t11-/m0/s1. The van der Waals surface area contributed by atoms with E-state index >= 15 is 0 Å². The summed E-state index contributed by atoms with van der Waals surface area (Å²) in [6, 6.07) is 0.452. The Balaban J connectivity index is 2.16. The Morgan fingerprint density at radius 1 is 1.38 bits per heavy atom. The molecule has 1 atom stereocenters. The number of pyridine rings is 1. The van der Waals surface area contributed by atoms with Crippen molar-refractivity contribution in [2.24, 2.45) is 0 Å². The van der Waals surface area contributed by atoms with E-state index in [2.05, 4.69) is 20.9 Å². The molecule has 1 saturated heterocycles. The molecule has 0 spiro atoms. The average Bonchev–Trinajstić information content (AvgIpc) is 2.51. The van der Waals surface area contributed by atoms with Gasteiger partial charge in [-0.05, 0) is 42.8 Å². The minimum Gasteiger partial charge on any atom is -0.444 e. The van der Waals surface area contributed by atoms with E-state index in [9.17, 15) is 23.1 Å². The van der Waals surface area contributed by atoms with Crippen molar-refractivity contribution in [3.05, 3.63) is 22.3 Å². The Morgan fingerprint density at radius 2 is 2.04 bits per heavy atom. The molecular formula is C16H21BrF3N3O3. The number of amides is 1. The number of alkyl halides is 3. The first-order valence-electron chi connectivity index (χ1n) is 8.00. The highest BCUT2D eigenvalue weighted by Crippen LogP contribution is 2.34. The van der Waals surface area contributed by atoms with Crippen molar-refractivity contribution in [2.45, 2.75) is 38.6 Å². The summed E-state index contributed by atoms with van der Waals surface area (Å²) in [5.41, 5.74) is -1.50. The van der Waals surface area contributed by atoms with Crippen molar-refractivity contribution < 1.29 is 27.8 Å². The van der Waals surface area contributed by atoms with Crippen LogP contribution >= 0.6 is 15.9 Å². The van der Waals surface area contributed by atoms with E-state index in [4.69, 9.17) is 4.74 Å². The summed E-state index contributed by atoms with van der Waals surface area (Å²) in [6.07, 6.45) is -4.22. The van der Waals surface area contributed by atoms with Crippen LogP contribution in [0.25, 0.3) is 0 Å². The molecule has 0 saturated carbocycles. The number of ether oxygens (including phenoxy) is 1. The van der Waals surface area contributed by atoms with E-state index < -0.39 is 29.5 Å². The number of carbonyl (C=O) groups is 1. The predicted molar refractivity (Wildman–Crippen MR) is 93.0 cm³/mol. The van der Waals surface area contributed by atoms with Gasteiger partial charge in [0.05, 0.1) is 22.7 Å². The molecule has 10 heteroatoms. The summed E-state index contributed by atoms with van der Waals surface area (Å²) in [4.78, 5) is 19.3. The molecule has 1 aromatic heterocycles. The lowest BCUT2D eigenvalue weighted by molar-refractivity contribution is -0.137. The molecule has 1 aliphatic rings. The second-order valence-electron chi connectivity index (χ2n) is 6.98. The average molecular weight is 440 g/mol. The van der Waals surface area contributed by atoms with E-state index in [1.54, 1.807) is 25.7 Å². The third-order valence-electron chi connectivity index (χ3n) is 3.77. The SMILES string of the molecule is CC(C)(C)OC(=O)N1CCN(c2ncc(C(F)(F)F)cc2Br)[C@H](CO)C1. The molecule has 0 radical (unpaired) electrons. The van der Waals surface area contributed by atoms with Crippen molar-refractivity contribution in [1.29, 1.82) is 0 Å². The summed E-state index contributed by atoms with van der Waals surface area (Å²) >= 11 is 3.12. The number of aliphatic hydroxyl groups excluding tert-OH is 1. The van der Waals surface area contributed by atoms with Crippen LogP contribution in [0.15, 0.2) is 16.7 Å². The maximum atomic E-state index is 12.8. The van der Waals surface area contributed by atoms with Gasteiger partial charge in [-0.1, -0.05) is 0 Å². The van der Waals surface area contributed by atoms with Crippen LogP contribution in [0.5, 0.6) is 0 Å². The molecule has 0 aliphatic carbocycles. The van der Waals surface area contributed by atoms with Crippen molar-refractivity contribution in [1.82, 2.24) is 9.88 Å². The van der Waals surface area contributed by atoms with Crippen LogP contribution < -0.4 is 4.90 Å². The molecule has 0 unspecified atom stereocenters. The topological polar surface area (TPSA) is 65.9 Å². The lowest BCUT2D eigenvalue weighted by atomic mass is 10.1. The number of aromatic nitrogens is 1. The molecule has 2 rings (SSSR count). The zero-order chi connectivity index (χ0) is 19.7. The Morgan fingerprint density at radius 3 is 2.54 bits per heavy atom. The minimum atomic E-state index is -4.49. The molecule has 1 aromatic rings. The molecule has 1 fully saturated rings. The minimum absolute atomic E-state index is 0.177. The fraction of sp³-hybridized carbons (Fsp3) is 0.625. The largest absolute Gasteiger partial charge is 0.444 e. The van der Waals surface area contributed by atoms with Gasteiger partial charge in [-0.25, -0.2) is 9.78 Å². The number of carbonyl (C=O) groups excluding carboxylic acids is 1. The number of aliphatic hydroxyl groups is 1. The lowest BCUT2D eigenvalue weighted by Crippen LogP contribution is -2.57. The van der Waals surface area contributed by atoms with Gasteiger partial charge in [0.15, 0.2) is 0 Å². The first kappa shape index (κ1) is 20.8. The van der Waals surface area contributed by atoms with Gasteiger partial charge in [-0.3, -0.25) is 0 Å². The normalized spacial score (nSPS) is 18.8. The van der Waals surface area contributed by atoms with E-state index in [0.29, 0.717) is 18.9 Å². The summed E-state index contributed by atoms with van der Waals surface area (Å²) in [7, 11) is 0. The van der Waals surface area contributed by atoms with Gasteiger partial charge < -0.3 is 19.6 Å². The van der Waals surface area contributed by atoms with E-state index in [-0.39, 0.29) is 17.6 Å². The fourth-order valence-electron chi connectivity index (χ4n) is 2.58. The fourth-order valence-corrected chi connectivity index (χ4v) is 3.16. The highest BCUT2D eigenvalue weighted by atomic mass is 79.9. The first-order valence-corrected chi connectivity index (χ1v) is 8.80. The van der Waals surface area contributed by atoms with Crippen LogP contribution in [0.1, 0.15) is 26.3 Å². The second kappa shape index (κ2) is 7.59. The van der Waals surface area contributed by atoms with Crippen molar-refractivity contribution in [3.8, 4) is 0 Å². The predicted octanol–water partition coefficient (Wildman–Crippen LogP) is 3.28. The monoisotopic (exact) mass is 439 g/mol. The van der Waals surface area contributed by atoms with E-state index in [0.717, 1.165) is 12.3 Å². The number of nitrogens with zero attached hydrogens (tertiary/aromatic N) is 3. The van der Waals surface area contributed by atoms with Gasteiger partial charge >= 0.3 is 12.3 Å². The van der Waals surface area contributed by atoms with Gasteiger partial charge in [0, 0.05) is 25.8 Å². The Kier molecular flexibility index (Phi) is 6.06. The number of hydrogen-bond acceptors (Lipinski definition) is 5. The molecular weight excluding hydrogens is 419 g/mol. The highest BCUT2D eigenvalue weighted by Gasteiger charge is 2.35. The van der Waals surface area contributed by atoms with Gasteiger partial charge in [0.25, 0.3) is 0 Å². The second-order valence-corrected chi connectivity index (χ2v) is 7.84. The molecule has 1 amide bonds. The molecule has 26 heavy (non-hydrogen) atoms. The van der Waals surface area contributed by atoms with Crippen molar-refractivity contribution in [2.75, 3.05) is 31.1 Å². The maximum absolute atomic E-state index is 12.8. The van der Waals surface area contributed by atoms with Gasteiger partial charge in [0.1, 0.15) is 11.4 Å². The summed E-state index contributed by atoms with van der Waals surface area (Å²) in [5.74, 6) is 0.292. The molecule has 1 N–H and O–H groups in total. The molecule has 1 aliphatic heterocycles. The van der Waals surface area contributed by atoms with Crippen molar-refractivity contribution >= 4 is 27.8 Å². The van der Waals surface area contributed by atoms with Crippen LogP contribution in [-0.4, -0.2) is 59.0 Å². The number of hydrogen-bond donors (Lipinski definition) is 1. The molecule has 0 bridgehead atoms. The van der Waals surface area contributed by atoms with E-state index in [1.807, 2.05) is 0 Å². The maximum Gasteiger partial charge on any atom is 0.417 e. The molecule has 146 valence electrons. The zero-order valence-corrected chi connectivity index (χ0v) is 16.3. The highest BCUT2D eigenvalue weighted by molar-refractivity contribution is 9.10. The van der Waals surface area contributed by atoms with Crippen LogP contribution in [0.4, 0.5) is 23.8 Å². The smallest absolute Gasteiger partial charge is 0.417 e. The molecule has 0 aromatic carbocycles. The number of anilines is 1. The van der Waals surface area contributed by atoms with Crippen LogP contribution in [0.2, 0.25) is 0 Å². The van der Waals surface area contributed by atoms with Crippen LogP contribution in [-0.2, 0) is 10.9 Å². The summed E-state index contributed by atoms with van der Waals surface area (Å²) < 4.78 is 43.9. The van der Waals surface area contributed by atoms with Crippen molar-refractivity contribution in [3.63, 3.8) is 0 Å². The Labute approximate surface area is 158 Å². The summed E-state index contributed by atoms with van der Waals surface area (Å²) in [5, 5.41) is 9.69. The van der Waals surface area contributed by atoms with Crippen LogP contribution in [0.3, 0.4) is 0 Å². The number of halogens is 4. The van der Waals surface area contributed by atoms with Crippen LogP contribution in [0, 0.1) is 0 Å². The molecule has 6 nitrogen and oxygen atoms in total.